The van der Waals surface area contributed by atoms with Crippen LogP contribution in [-0.2, 0) is 4.79 Å². The van der Waals surface area contributed by atoms with Crippen LogP contribution in [0.1, 0.15) is 12.0 Å². The first-order chi connectivity index (χ1) is 7.08. The third kappa shape index (κ3) is 1.80. The van der Waals surface area contributed by atoms with Gasteiger partial charge in [0, 0.05) is 30.8 Å². The Hall–Kier alpha value is -1.55. The van der Waals surface area contributed by atoms with Gasteiger partial charge in [0.25, 0.3) is 0 Å². The van der Waals surface area contributed by atoms with Crippen molar-refractivity contribution in [3.63, 3.8) is 0 Å². The van der Waals surface area contributed by atoms with Crippen LogP contribution in [0.15, 0.2) is 18.2 Å². The van der Waals surface area contributed by atoms with Crippen LogP contribution < -0.4 is 10.6 Å². The van der Waals surface area contributed by atoms with Crippen molar-refractivity contribution in [3.8, 4) is 5.75 Å². The molecule has 1 saturated heterocycles. The van der Waals surface area contributed by atoms with E-state index in [1.165, 1.54) is 0 Å². The van der Waals surface area contributed by atoms with E-state index in [4.69, 9.17) is 5.73 Å². The minimum absolute atomic E-state index is 0.0192. The third-order valence-corrected chi connectivity index (χ3v) is 2.66. The Labute approximate surface area is 88.3 Å². The number of aromatic hydroxyl groups is 1. The maximum atomic E-state index is 11.5. The van der Waals surface area contributed by atoms with Gasteiger partial charge in [0.1, 0.15) is 5.75 Å². The summed E-state index contributed by atoms with van der Waals surface area (Å²) in [5.41, 5.74) is 7.22. The Kier molecular flexibility index (Phi) is 2.36. The number of amides is 1. The molecular formula is C11H14N2O2. The Balaban J connectivity index is 2.30. The minimum atomic E-state index is -0.0963. The number of hydrogen-bond donors (Lipinski definition) is 2. The fourth-order valence-corrected chi connectivity index (χ4v) is 1.75. The first-order valence-corrected chi connectivity index (χ1v) is 4.93. The van der Waals surface area contributed by atoms with E-state index < -0.39 is 0 Å². The zero-order valence-corrected chi connectivity index (χ0v) is 8.60. The molecule has 0 radical (unpaired) electrons. The van der Waals surface area contributed by atoms with Gasteiger partial charge >= 0.3 is 0 Å². The maximum absolute atomic E-state index is 11.5. The lowest BCUT2D eigenvalue weighted by molar-refractivity contribution is -0.117. The second-order valence-corrected chi connectivity index (χ2v) is 3.94. The summed E-state index contributed by atoms with van der Waals surface area (Å²) < 4.78 is 0. The van der Waals surface area contributed by atoms with Gasteiger partial charge in [0.05, 0.1) is 0 Å². The number of nitrogens with two attached hydrogens (primary N) is 1. The number of hydrogen-bond acceptors (Lipinski definition) is 3. The molecular weight excluding hydrogens is 192 g/mol. The van der Waals surface area contributed by atoms with Crippen molar-refractivity contribution in [2.45, 2.75) is 19.4 Å². The molecule has 4 nitrogen and oxygen atoms in total. The van der Waals surface area contributed by atoms with Gasteiger partial charge in [-0.15, -0.1) is 0 Å². The van der Waals surface area contributed by atoms with Crippen molar-refractivity contribution in [1.82, 2.24) is 0 Å². The quantitative estimate of drug-likeness (QED) is 0.713. The molecule has 0 saturated carbocycles. The number of aryl methyl sites for hydroxylation is 1. The number of carbonyl (C=O) groups is 1. The number of anilines is 1. The number of phenols is 1. The summed E-state index contributed by atoms with van der Waals surface area (Å²) in [4.78, 5) is 13.2. The van der Waals surface area contributed by atoms with Gasteiger partial charge in [-0.1, -0.05) is 6.07 Å². The summed E-state index contributed by atoms with van der Waals surface area (Å²) in [6, 6.07) is 5.12. The SMILES string of the molecule is Cc1ccc(N2CC(N)CC2=O)cc1O. The van der Waals surface area contributed by atoms with E-state index in [9.17, 15) is 9.90 Å². The Morgan fingerprint density at radius 1 is 1.53 bits per heavy atom. The lowest BCUT2D eigenvalue weighted by atomic mass is 10.2. The highest BCUT2D eigenvalue weighted by Crippen LogP contribution is 2.26. The Morgan fingerprint density at radius 3 is 2.80 bits per heavy atom. The lowest BCUT2D eigenvalue weighted by Crippen LogP contribution is -2.27. The lowest BCUT2D eigenvalue weighted by Gasteiger charge is -2.16. The predicted molar refractivity (Wildman–Crippen MR) is 57.8 cm³/mol. The molecule has 1 fully saturated rings. The van der Waals surface area contributed by atoms with E-state index in [0.29, 0.717) is 13.0 Å². The highest BCUT2D eigenvalue weighted by atomic mass is 16.3. The average Bonchev–Trinajstić information content (AvgIpc) is 2.50. The summed E-state index contributed by atoms with van der Waals surface area (Å²) in [7, 11) is 0. The van der Waals surface area contributed by atoms with E-state index in [0.717, 1.165) is 11.3 Å². The topological polar surface area (TPSA) is 66.6 Å². The molecule has 1 amide bonds. The molecule has 1 aliphatic rings. The van der Waals surface area contributed by atoms with Crippen molar-refractivity contribution >= 4 is 11.6 Å². The largest absolute Gasteiger partial charge is 0.508 e. The van der Waals surface area contributed by atoms with Crippen LogP contribution in [0.5, 0.6) is 5.75 Å². The molecule has 1 atom stereocenters. The fraction of sp³-hybridized carbons (Fsp3) is 0.364. The van der Waals surface area contributed by atoms with Crippen molar-refractivity contribution in [2.24, 2.45) is 5.73 Å². The van der Waals surface area contributed by atoms with Crippen LogP contribution in [-0.4, -0.2) is 23.6 Å². The molecule has 1 heterocycles. The molecule has 4 heteroatoms. The van der Waals surface area contributed by atoms with Crippen LogP contribution in [0, 0.1) is 6.92 Å². The molecule has 15 heavy (non-hydrogen) atoms. The second kappa shape index (κ2) is 3.55. The van der Waals surface area contributed by atoms with Gasteiger partial charge < -0.3 is 15.7 Å². The molecule has 0 bridgehead atoms. The standard InChI is InChI=1S/C11H14N2O2/c1-7-2-3-9(5-10(7)14)13-6-8(12)4-11(13)15/h2-3,5,8,14H,4,6,12H2,1H3. The van der Waals surface area contributed by atoms with Crippen molar-refractivity contribution in [1.29, 1.82) is 0 Å². The maximum Gasteiger partial charge on any atom is 0.228 e. The summed E-state index contributed by atoms with van der Waals surface area (Å²) >= 11 is 0. The second-order valence-electron chi connectivity index (χ2n) is 3.94. The van der Waals surface area contributed by atoms with Crippen molar-refractivity contribution < 1.29 is 9.90 Å². The molecule has 1 aromatic carbocycles. The van der Waals surface area contributed by atoms with Gasteiger partial charge in [-0.05, 0) is 18.6 Å². The van der Waals surface area contributed by atoms with Crippen molar-refractivity contribution in [3.05, 3.63) is 23.8 Å². The first-order valence-electron chi connectivity index (χ1n) is 4.93. The zero-order chi connectivity index (χ0) is 11.0. The average molecular weight is 206 g/mol. The number of nitrogens with zero attached hydrogens (tertiary/aromatic N) is 1. The van der Waals surface area contributed by atoms with Gasteiger partial charge in [0.2, 0.25) is 5.91 Å². The third-order valence-electron chi connectivity index (χ3n) is 2.66. The molecule has 0 spiro atoms. The van der Waals surface area contributed by atoms with E-state index >= 15 is 0 Å². The molecule has 0 aromatic heterocycles. The molecule has 2 rings (SSSR count). The van der Waals surface area contributed by atoms with Crippen LogP contribution >= 0.6 is 0 Å². The molecule has 3 N–H and O–H groups in total. The van der Waals surface area contributed by atoms with Crippen LogP contribution in [0.4, 0.5) is 5.69 Å². The Morgan fingerprint density at radius 2 is 2.27 bits per heavy atom. The van der Waals surface area contributed by atoms with Crippen LogP contribution in [0.25, 0.3) is 0 Å². The van der Waals surface area contributed by atoms with E-state index in [2.05, 4.69) is 0 Å². The fourth-order valence-electron chi connectivity index (χ4n) is 1.75. The monoisotopic (exact) mass is 206 g/mol. The Bertz CT molecular complexity index is 404. The normalized spacial score (nSPS) is 21.1. The van der Waals surface area contributed by atoms with Crippen molar-refractivity contribution in [2.75, 3.05) is 11.4 Å². The number of rotatable bonds is 1. The van der Waals surface area contributed by atoms with E-state index in [1.54, 1.807) is 17.0 Å². The van der Waals surface area contributed by atoms with Crippen LogP contribution in [0.3, 0.4) is 0 Å². The minimum Gasteiger partial charge on any atom is -0.508 e. The summed E-state index contributed by atoms with van der Waals surface area (Å²) in [6.45, 7) is 2.35. The number of carbonyl (C=O) groups excluding carboxylic acids is 1. The van der Waals surface area contributed by atoms with Crippen LogP contribution in [0.2, 0.25) is 0 Å². The summed E-state index contributed by atoms with van der Waals surface area (Å²) in [5, 5.41) is 9.54. The van der Waals surface area contributed by atoms with Gasteiger partial charge in [-0.25, -0.2) is 0 Å². The van der Waals surface area contributed by atoms with Gasteiger partial charge in [-0.3, -0.25) is 4.79 Å². The highest BCUT2D eigenvalue weighted by Gasteiger charge is 2.28. The number of phenolic OH excluding ortho intramolecular Hbond substituents is 1. The highest BCUT2D eigenvalue weighted by molar-refractivity contribution is 5.96. The number of benzene rings is 1. The molecule has 80 valence electrons. The van der Waals surface area contributed by atoms with E-state index in [-0.39, 0.29) is 17.7 Å². The summed E-state index contributed by atoms with van der Waals surface area (Å²) in [6.07, 6.45) is 0.384. The molecule has 1 unspecified atom stereocenters. The first kappa shape index (κ1) is 9.98. The molecule has 0 aliphatic carbocycles. The zero-order valence-electron chi connectivity index (χ0n) is 8.60. The van der Waals surface area contributed by atoms with E-state index in [1.807, 2.05) is 13.0 Å². The molecule has 1 aromatic rings. The van der Waals surface area contributed by atoms with Gasteiger partial charge in [0.15, 0.2) is 0 Å². The molecule has 1 aliphatic heterocycles. The predicted octanol–water partition coefficient (Wildman–Crippen LogP) is 0.765. The smallest absolute Gasteiger partial charge is 0.228 e. The summed E-state index contributed by atoms with van der Waals surface area (Å²) in [5.74, 6) is 0.228. The van der Waals surface area contributed by atoms with Gasteiger partial charge in [-0.2, -0.15) is 0 Å².